The van der Waals surface area contributed by atoms with Crippen LogP contribution in [0.25, 0.3) is 0 Å². The van der Waals surface area contributed by atoms with Gasteiger partial charge in [0.15, 0.2) is 0 Å². The molecule has 1 heterocycles. The van der Waals surface area contributed by atoms with Crippen LogP contribution >= 0.6 is 0 Å². The van der Waals surface area contributed by atoms with Gasteiger partial charge in [-0.15, -0.1) is 0 Å². The molecule has 3 rings (SSSR count). The molecule has 1 aliphatic carbocycles. The van der Waals surface area contributed by atoms with Crippen LogP contribution in [0.15, 0.2) is 24.3 Å². The van der Waals surface area contributed by atoms with Gasteiger partial charge < -0.3 is 5.32 Å². The number of halogens is 3. The Morgan fingerprint density at radius 3 is 2.67 bits per heavy atom. The van der Waals surface area contributed by atoms with Crippen molar-refractivity contribution in [1.29, 1.82) is 0 Å². The molecule has 1 saturated carbocycles. The van der Waals surface area contributed by atoms with Crippen molar-refractivity contribution in [2.24, 2.45) is 5.92 Å². The molecule has 21 heavy (non-hydrogen) atoms. The Labute approximate surface area is 123 Å². The lowest BCUT2D eigenvalue weighted by atomic mass is 10.1. The van der Waals surface area contributed by atoms with Crippen molar-refractivity contribution in [3.8, 4) is 0 Å². The molecule has 1 unspecified atom stereocenters. The van der Waals surface area contributed by atoms with E-state index in [9.17, 15) is 13.2 Å². The topological polar surface area (TPSA) is 15.3 Å². The van der Waals surface area contributed by atoms with Crippen molar-refractivity contribution in [1.82, 2.24) is 10.2 Å². The molecule has 1 aliphatic heterocycles. The van der Waals surface area contributed by atoms with Crippen LogP contribution in [0.3, 0.4) is 0 Å². The molecule has 0 aromatic heterocycles. The molecule has 5 heteroatoms. The average molecular weight is 298 g/mol. The highest BCUT2D eigenvalue weighted by molar-refractivity contribution is 5.29. The molecule has 2 fully saturated rings. The molecule has 1 saturated heterocycles. The summed E-state index contributed by atoms with van der Waals surface area (Å²) in [4.78, 5) is 2.17. The highest BCUT2D eigenvalue weighted by Crippen LogP contribution is 2.35. The van der Waals surface area contributed by atoms with Crippen LogP contribution in [0.2, 0.25) is 0 Å². The Morgan fingerprint density at radius 2 is 1.95 bits per heavy atom. The molecular weight excluding hydrogens is 277 g/mol. The average Bonchev–Trinajstić information content (AvgIpc) is 3.24. The summed E-state index contributed by atoms with van der Waals surface area (Å²) >= 11 is 0. The number of hydrogen-bond donors (Lipinski definition) is 1. The molecule has 1 atom stereocenters. The van der Waals surface area contributed by atoms with E-state index in [-0.39, 0.29) is 0 Å². The summed E-state index contributed by atoms with van der Waals surface area (Å²) < 4.78 is 39.2. The molecule has 2 nitrogen and oxygen atoms in total. The summed E-state index contributed by atoms with van der Waals surface area (Å²) in [5, 5.41) is 3.54. The van der Waals surface area contributed by atoms with Gasteiger partial charge in [-0.2, -0.15) is 13.2 Å². The third-order valence-corrected chi connectivity index (χ3v) is 4.42. The molecular formula is C16H21F3N2. The van der Waals surface area contributed by atoms with Crippen LogP contribution in [0.4, 0.5) is 13.2 Å². The van der Waals surface area contributed by atoms with Crippen LogP contribution in [0, 0.1) is 5.92 Å². The van der Waals surface area contributed by atoms with Crippen LogP contribution in [0.1, 0.15) is 30.4 Å². The lowest BCUT2D eigenvalue weighted by molar-refractivity contribution is -0.138. The molecule has 1 aromatic rings. The monoisotopic (exact) mass is 298 g/mol. The van der Waals surface area contributed by atoms with Gasteiger partial charge in [-0.3, -0.25) is 4.90 Å². The molecule has 0 radical (unpaired) electrons. The number of nitrogens with one attached hydrogen (secondary N) is 1. The van der Waals surface area contributed by atoms with Crippen molar-refractivity contribution in [2.75, 3.05) is 19.6 Å². The Kier molecular flexibility index (Phi) is 4.22. The maximum atomic E-state index is 13.1. The van der Waals surface area contributed by atoms with Gasteiger partial charge in [-0.1, -0.05) is 18.2 Å². The fourth-order valence-electron chi connectivity index (χ4n) is 3.16. The lowest BCUT2D eigenvalue weighted by Gasteiger charge is -2.25. The van der Waals surface area contributed by atoms with E-state index in [1.54, 1.807) is 12.1 Å². The number of alkyl halides is 3. The normalized spacial score (nSPS) is 24.8. The van der Waals surface area contributed by atoms with Gasteiger partial charge in [-0.05, 0) is 49.9 Å². The van der Waals surface area contributed by atoms with Gasteiger partial charge >= 0.3 is 6.18 Å². The maximum absolute atomic E-state index is 13.1. The van der Waals surface area contributed by atoms with Gasteiger partial charge in [0.1, 0.15) is 0 Å². The lowest BCUT2D eigenvalue weighted by Crippen LogP contribution is -2.39. The highest BCUT2D eigenvalue weighted by atomic mass is 19.4. The van der Waals surface area contributed by atoms with Gasteiger partial charge in [0.25, 0.3) is 0 Å². The molecule has 2 aliphatic rings. The Bertz CT molecular complexity index is 483. The second-order valence-corrected chi connectivity index (χ2v) is 6.14. The fraction of sp³-hybridized carbons (Fsp3) is 0.625. The number of hydrogen-bond acceptors (Lipinski definition) is 2. The van der Waals surface area contributed by atoms with E-state index in [1.807, 2.05) is 0 Å². The highest BCUT2D eigenvalue weighted by Gasteiger charge is 2.35. The first kappa shape index (κ1) is 14.9. The van der Waals surface area contributed by atoms with Crippen LogP contribution in [0.5, 0.6) is 0 Å². The predicted octanol–water partition coefficient (Wildman–Crippen LogP) is 3.28. The van der Waals surface area contributed by atoms with Crippen LogP contribution in [-0.4, -0.2) is 30.6 Å². The minimum atomic E-state index is -4.27. The van der Waals surface area contributed by atoms with Gasteiger partial charge in [0, 0.05) is 19.1 Å². The zero-order chi connectivity index (χ0) is 14.9. The first-order chi connectivity index (χ1) is 10.0. The smallest absolute Gasteiger partial charge is 0.312 e. The molecule has 0 spiro atoms. The van der Waals surface area contributed by atoms with E-state index >= 15 is 0 Å². The van der Waals surface area contributed by atoms with E-state index in [1.165, 1.54) is 25.0 Å². The van der Waals surface area contributed by atoms with E-state index < -0.39 is 11.7 Å². The molecule has 116 valence electrons. The standard InChI is InChI=1S/C16H21F3N2/c17-16(18,19)14-5-2-1-4-13(14)10-21-9-3-8-20-15(11-21)12-6-7-12/h1-2,4-5,12,15,20H,3,6-11H2. The van der Waals surface area contributed by atoms with E-state index in [2.05, 4.69) is 10.2 Å². The number of rotatable bonds is 3. The van der Waals surface area contributed by atoms with Crippen molar-refractivity contribution >= 4 is 0 Å². The Balaban J connectivity index is 1.73. The van der Waals surface area contributed by atoms with Gasteiger partial charge in [0.05, 0.1) is 5.56 Å². The van der Waals surface area contributed by atoms with Crippen LogP contribution < -0.4 is 5.32 Å². The van der Waals surface area contributed by atoms with E-state index in [4.69, 9.17) is 0 Å². The van der Waals surface area contributed by atoms with Crippen molar-refractivity contribution in [3.63, 3.8) is 0 Å². The summed E-state index contributed by atoms with van der Waals surface area (Å²) in [6.07, 6.45) is -0.761. The largest absolute Gasteiger partial charge is 0.416 e. The summed E-state index contributed by atoms with van der Waals surface area (Å²) in [5.74, 6) is 0.725. The van der Waals surface area contributed by atoms with Gasteiger partial charge in [0.2, 0.25) is 0 Å². The SMILES string of the molecule is FC(F)(F)c1ccccc1CN1CCCNC(C2CC2)C1. The van der Waals surface area contributed by atoms with E-state index in [0.717, 1.165) is 32.0 Å². The third-order valence-electron chi connectivity index (χ3n) is 4.42. The van der Waals surface area contributed by atoms with Crippen molar-refractivity contribution in [3.05, 3.63) is 35.4 Å². The number of benzene rings is 1. The quantitative estimate of drug-likeness (QED) is 0.921. The summed E-state index contributed by atoms with van der Waals surface area (Å²) in [5.41, 5.74) is -0.105. The summed E-state index contributed by atoms with van der Waals surface area (Å²) in [7, 11) is 0. The minimum Gasteiger partial charge on any atom is -0.312 e. The predicted molar refractivity (Wildman–Crippen MR) is 75.9 cm³/mol. The molecule has 1 aromatic carbocycles. The number of nitrogens with zero attached hydrogens (tertiary/aromatic N) is 1. The fourth-order valence-corrected chi connectivity index (χ4v) is 3.16. The first-order valence-electron chi connectivity index (χ1n) is 7.65. The third kappa shape index (κ3) is 3.77. The Hall–Kier alpha value is -1.07. The molecule has 1 N–H and O–H groups in total. The van der Waals surface area contributed by atoms with Crippen molar-refractivity contribution < 1.29 is 13.2 Å². The zero-order valence-corrected chi connectivity index (χ0v) is 12.0. The summed E-state index contributed by atoms with van der Waals surface area (Å²) in [6, 6.07) is 6.39. The minimum absolute atomic E-state index is 0.389. The zero-order valence-electron chi connectivity index (χ0n) is 12.0. The van der Waals surface area contributed by atoms with Crippen molar-refractivity contribution in [2.45, 2.75) is 38.0 Å². The Morgan fingerprint density at radius 1 is 1.19 bits per heavy atom. The van der Waals surface area contributed by atoms with Crippen LogP contribution in [-0.2, 0) is 12.7 Å². The molecule has 0 bridgehead atoms. The summed E-state index contributed by atoms with van der Waals surface area (Å²) in [6.45, 7) is 3.08. The maximum Gasteiger partial charge on any atom is 0.416 e. The first-order valence-corrected chi connectivity index (χ1v) is 7.65. The van der Waals surface area contributed by atoms with Gasteiger partial charge in [-0.25, -0.2) is 0 Å². The second-order valence-electron chi connectivity index (χ2n) is 6.14. The molecule has 0 amide bonds. The second kappa shape index (κ2) is 5.97. The van der Waals surface area contributed by atoms with E-state index in [0.29, 0.717) is 18.2 Å².